The maximum absolute atomic E-state index is 14.4. The van der Waals surface area contributed by atoms with Gasteiger partial charge in [-0.1, -0.05) is 63.9 Å². The monoisotopic (exact) mass is 1210 g/mol. The maximum Gasteiger partial charge on any atom is 0.409 e. The molecule has 1 unspecified atom stereocenters. The molecule has 1 aromatic carbocycles. The van der Waals surface area contributed by atoms with Crippen LogP contribution in [-0.2, 0) is 70.2 Å². The van der Waals surface area contributed by atoms with Crippen molar-refractivity contribution < 1.29 is 76.7 Å². The zero-order valence-corrected chi connectivity index (χ0v) is 50.8. The topological polar surface area (TPSA) is 284 Å². The first kappa shape index (κ1) is 64.3. The molecule has 3 saturated heterocycles. The van der Waals surface area contributed by atoms with Crippen molar-refractivity contribution in [2.24, 2.45) is 11.0 Å². The highest BCUT2D eigenvalue weighted by molar-refractivity contribution is 8.77. The number of halogens is 1. The number of benzene rings is 1. The Bertz CT molecular complexity index is 2910. The third-order valence-electron chi connectivity index (χ3n) is 15.2. The van der Waals surface area contributed by atoms with Crippen molar-refractivity contribution in [1.82, 2.24) is 25.7 Å². The molecule has 83 heavy (non-hydrogen) atoms. The van der Waals surface area contributed by atoms with Crippen molar-refractivity contribution in [2.75, 3.05) is 45.6 Å². The van der Waals surface area contributed by atoms with E-state index in [4.69, 9.17) is 44.9 Å². The molecule has 3 fully saturated rings. The second-order valence-corrected chi connectivity index (χ2v) is 25.6. The molecule has 5 aliphatic rings. The Kier molecular flexibility index (Phi) is 21.4. The Morgan fingerprint density at radius 2 is 1.81 bits per heavy atom. The minimum Gasteiger partial charge on any atom is -0.495 e. The summed E-state index contributed by atoms with van der Waals surface area (Å²) in [5.74, 6) is -3.13. The lowest BCUT2D eigenvalue weighted by Crippen LogP contribution is -2.63. The van der Waals surface area contributed by atoms with E-state index in [1.807, 2.05) is 32.9 Å². The number of allylic oxidation sites excluding steroid dienone is 3. The number of fused-ring (bicyclic) bond motifs is 6. The fourth-order valence-corrected chi connectivity index (χ4v) is 13.0. The summed E-state index contributed by atoms with van der Waals surface area (Å²) >= 11 is 6.84. The van der Waals surface area contributed by atoms with Crippen LogP contribution in [0.4, 0.5) is 10.5 Å². The van der Waals surface area contributed by atoms with E-state index in [0.29, 0.717) is 52.2 Å². The number of pyridine rings is 1. The van der Waals surface area contributed by atoms with Gasteiger partial charge in [-0.3, -0.25) is 34.3 Å². The van der Waals surface area contributed by atoms with Gasteiger partial charge in [-0.15, -0.1) is 5.06 Å². The normalized spacial score (nSPS) is 26.5. The van der Waals surface area contributed by atoms with Gasteiger partial charge >= 0.3 is 18.0 Å². The Morgan fingerprint density at radius 3 is 2.52 bits per heavy atom. The number of aryl methyl sites for hydroxylation is 1. The van der Waals surface area contributed by atoms with Gasteiger partial charge in [0, 0.05) is 69.7 Å². The summed E-state index contributed by atoms with van der Waals surface area (Å²) in [5, 5.41) is 19.5. The van der Waals surface area contributed by atoms with Crippen LogP contribution in [0.1, 0.15) is 123 Å². The molecule has 26 heteroatoms. The number of esters is 1. The molecule has 4 bridgehead atoms. The molecule has 0 radical (unpaired) electrons. The van der Waals surface area contributed by atoms with E-state index < -0.39 is 88.2 Å². The summed E-state index contributed by atoms with van der Waals surface area (Å²) in [7, 11) is 8.78. The van der Waals surface area contributed by atoms with Gasteiger partial charge in [0.25, 0.3) is 11.8 Å². The highest BCUT2D eigenvalue weighted by atomic mass is 35.5. The van der Waals surface area contributed by atoms with E-state index >= 15 is 0 Å². The molecule has 7 rings (SSSR count). The standard InChI is InChI=1S/C57H74ClN7O16S2/c1-32-14-11-17-42(76-10)57(74)29-41(78-54(73)60-57)33(2)52-56(6,80-52)43(28-48(70)64(8)39-25-35(24-32)26-40(75-9)50(39)58)79-53(72)34(3)63(7)45(67)21-23-82-83-55(4,5)30-44(66)62-61-38-16-12-15-36-27-37(31-59-51(36)38)77-22-13-18-49(71)81-65-46(68)19-20-47(65)69/h11,14,17,25-27,31,33-34,41-43,52,74H,12-13,15-16,18-24,28-30H2,1-10H3,(H,60,73)(H,62,66)/b17-11+,32-14+,61-38+/t33-,34+,41+,42-,43+,52+,56?,57+/m1/s1. The van der Waals surface area contributed by atoms with Crippen molar-refractivity contribution in [3.05, 3.63) is 70.0 Å². The number of hydrogen-bond acceptors (Lipinski definition) is 20. The number of hydrogen-bond donors (Lipinski definition) is 3. The van der Waals surface area contributed by atoms with Crippen LogP contribution < -0.4 is 25.1 Å². The van der Waals surface area contributed by atoms with Gasteiger partial charge in [0.2, 0.25) is 17.7 Å². The molecule has 4 aliphatic heterocycles. The van der Waals surface area contributed by atoms with E-state index in [1.54, 1.807) is 51.4 Å². The summed E-state index contributed by atoms with van der Waals surface area (Å²) in [4.78, 5) is 116. The molecule has 6 amide bonds. The van der Waals surface area contributed by atoms with Crippen molar-refractivity contribution in [1.29, 1.82) is 0 Å². The predicted octanol–water partition coefficient (Wildman–Crippen LogP) is 6.47. The zero-order valence-electron chi connectivity index (χ0n) is 48.4. The molecule has 2 aromatic rings. The van der Waals surface area contributed by atoms with Crippen LogP contribution in [-0.4, -0.2) is 161 Å². The number of nitrogens with one attached hydrogen (secondary N) is 2. The lowest BCUT2D eigenvalue weighted by atomic mass is 9.83. The Labute approximate surface area is 495 Å². The minimum absolute atomic E-state index is 0.0172. The molecule has 1 aliphatic carbocycles. The van der Waals surface area contributed by atoms with E-state index in [9.17, 15) is 43.5 Å². The molecule has 5 heterocycles. The van der Waals surface area contributed by atoms with E-state index in [1.165, 1.54) is 59.6 Å². The third kappa shape index (κ3) is 16.1. The van der Waals surface area contributed by atoms with E-state index in [2.05, 4.69) is 20.8 Å². The lowest BCUT2D eigenvalue weighted by Gasteiger charge is -2.42. The largest absolute Gasteiger partial charge is 0.495 e. The van der Waals surface area contributed by atoms with Gasteiger partial charge in [-0.25, -0.2) is 19.8 Å². The first-order valence-corrected chi connectivity index (χ1v) is 30.2. The minimum atomic E-state index is -1.88. The van der Waals surface area contributed by atoms with E-state index in [0.717, 1.165) is 29.5 Å². The van der Waals surface area contributed by atoms with Crippen molar-refractivity contribution in [3.63, 3.8) is 0 Å². The van der Waals surface area contributed by atoms with E-state index in [-0.39, 0.29) is 74.8 Å². The molecule has 23 nitrogen and oxygen atoms in total. The summed E-state index contributed by atoms with van der Waals surface area (Å²) in [5.41, 5.74) is 3.70. The molecule has 1 aromatic heterocycles. The number of epoxide rings is 1. The summed E-state index contributed by atoms with van der Waals surface area (Å²) < 4.78 is 34.8. The number of rotatable bonds is 19. The molecule has 3 N–H and O–H groups in total. The van der Waals surface area contributed by atoms with Gasteiger partial charge in [-0.2, -0.15) is 5.10 Å². The number of hydrazone groups is 1. The van der Waals surface area contributed by atoms with Crippen LogP contribution >= 0.6 is 33.2 Å². The van der Waals surface area contributed by atoms with Gasteiger partial charge in [-0.05, 0) is 96.0 Å². The fourth-order valence-electron chi connectivity index (χ4n) is 10.2. The van der Waals surface area contributed by atoms with Crippen LogP contribution in [0.5, 0.6) is 11.5 Å². The van der Waals surface area contributed by atoms with Crippen molar-refractivity contribution in [2.45, 2.75) is 165 Å². The Morgan fingerprint density at radius 1 is 1.07 bits per heavy atom. The second kappa shape index (κ2) is 27.6. The molecular formula is C57H74ClN7O16S2. The number of hydroxylamine groups is 2. The summed E-state index contributed by atoms with van der Waals surface area (Å²) in [6.45, 7) is 10.9. The third-order valence-corrected chi connectivity index (χ3v) is 18.8. The van der Waals surface area contributed by atoms with Crippen molar-refractivity contribution >= 4 is 92.2 Å². The average molecular weight is 1210 g/mol. The smallest absolute Gasteiger partial charge is 0.409 e. The Balaban J connectivity index is 0.925. The molecule has 8 atom stereocenters. The van der Waals surface area contributed by atoms with Gasteiger partial charge in [0.1, 0.15) is 46.5 Å². The molecule has 0 saturated carbocycles. The number of anilines is 1. The summed E-state index contributed by atoms with van der Waals surface area (Å²) in [6, 6.07) is 4.30. The number of carbonyl (C=O) groups excluding carboxylic acids is 8. The zero-order chi connectivity index (χ0) is 60.6. The number of amides is 6. The van der Waals surface area contributed by atoms with Gasteiger partial charge in [0.15, 0.2) is 5.72 Å². The predicted molar refractivity (Wildman–Crippen MR) is 308 cm³/mol. The van der Waals surface area contributed by atoms with Crippen molar-refractivity contribution in [3.8, 4) is 11.5 Å². The number of methoxy groups -OCH3 is 2. The number of carbonyl (C=O) groups is 8. The van der Waals surface area contributed by atoms with Crippen LogP contribution in [0.25, 0.3) is 0 Å². The van der Waals surface area contributed by atoms with Crippen LogP contribution in [0.15, 0.2) is 53.3 Å². The van der Waals surface area contributed by atoms with Gasteiger partial charge < -0.3 is 48.2 Å². The number of alkyl carbamates (subject to hydrolysis) is 1. The Hall–Kier alpha value is -6.25. The average Bonchev–Trinajstić information content (AvgIpc) is 2.25. The van der Waals surface area contributed by atoms with Crippen LogP contribution in [0.2, 0.25) is 5.02 Å². The van der Waals surface area contributed by atoms with Crippen LogP contribution in [0, 0.1) is 5.92 Å². The molecule has 452 valence electrons. The highest BCUT2D eigenvalue weighted by Gasteiger charge is 2.64. The first-order valence-electron chi connectivity index (χ1n) is 27.5. The number of nitrogens with zero attached hydrogens (tertiary/aromatic N) is 5. The maximum atomic E-state index is 14.4. The van der Waals surface area contributed by atoms with Gasteiger partial charge in [0.05, 0.1) is 56.0 Å². The number of imide groups is 1. The second-order valence-electron chi connectivity index (χ2n) is 22.1. The lowest BCUT2D eigenvalue weighted by molar-refractivity contribution is -0.197. The first-order chi connectivity index (χ1) is 39.3. The highest BCUT2D eigenvalue weighted by Crippen LogP contribution is 2.49. The van der Waals surface area contributed by atoms with Crippen LogP contribution in [0.3, 0.4) is 0 Å². The molecule has 0 spiro atoms. The fraction of sp³-hybridized carbons (Fsp3) is 0.579. The summed E-state index contributed by atoms with van der Waals surface area (Å²) in [6.07, 6.45) is 4.52. The SMILES string of the molecule is COc1cc2cc(c1Cl)N(C)C(=O)C[C@H](OC(=O)[C@H](C)N(C)C(=O)CCSSC(C)(C)CC(=O)N/N=C1\CCCc3cc(OCCCC(=O)ON4C(=O)CCC4=O)cnc31)C1(C)O[C@H]1[C@H](C)[C@@H]1C[C@@](O)(NC(=O)O1)[C@H](OC)/C=C/C=C(\C)C2. The molecular weight excluding hydrogens is 1140 g/mol. The number of ether oxygens (including phenoxy) is 6. The number of aromatic nitrogens is 1. The number of aliphatic hydroxyl groups is 1. The quantitative estimate of drug-likeness (QED) is 0.0339. The number of likely N-dealkylation sites (N-methyl/N-ethyl adjacent to an activating group) is 1.